The lowest BCUT2D eigenvalue weighted by atomic mass is 10.0. The summed E-state index contributed by atoms with van der Waals surface area (Å²) in [6.45, 7) is 4.03. The van der Waals surface area contributed by atoms with E-state index in [4.69, 9.17) is 4.74 Å². The molecule has 1 aromatic heterocycles. The van der Waals surface area contributed by atoms with E-state index in [9.17, 15) is 4.79 Å². The number of benzene rings is 1. The number of aryl methyl sites for hydroxylation is 2. The van der Waals surface area contributed by atoms with Gasteiger partial charge in [0.2, 0.25) is 0 Å². The first-order valence-corrected chi connectivity index (χ1v) is 6.65. The molecule has 2 aromatic rings. The number of Topliss-reactive ketones (excluding diaryl/α,β-unsaturated/α-hetero) is 1. The molecule has 1 aromatic carbocycles. The van der Waals surface area contributed by atoms with Crippen LogP contribution in [0.4, 0.5) is 0 Å². The van der Waals surface area contributed by atoms with Crippen LogP contribution in [0, 0.1) is 13.8 Å². The molecule has 94 valence electrons. The molecule has 0 saturated heterocycles. The summed E-state index contributed by atoms with van der Waals surface area (Å²) in [5.41, 5.74) is 2.09. The molecule has 0 N–H and O–H groups in total. The second kappa shape index (κ2) is 5.36. The van der Waals surface area contributed by atoms with Crippen molar-refractivity contribution < 1.29 is 9.53 Å². The van der Waals surface area contributed by atoms with E-state index in [-0.39, 0.29) is 5.78 Å². The lowest BCUT2D eigenvalue weighted by molar-refractivity contribution is 0.0996. The maximum atomic E-state index is 12.2. The Balaban J connectivity index is 2.23. The van der Waals surface area contributed by atoms with E-state index in [0.29, 0.717) is 6.42 Å². The minimum Gasteiger partial charge on any atom is -0.496 e. The van der Waals surface area contributed by atoms with Gasteiger partial charge in [-0.2, -0.15) is 0 Å². The number of thiophene rings is 1. The second-order valence-corrected chi connectivity index (χ2v) is 5.61. The Morgan fingerprint density at radius 3 is 2.61 bits per heavy atom. The highest BCUT2D eigenvalue weighted by molar-refractivity contribution is 7.14. The van der Waals surface area contributed by atoms with Crippen molar-refractivity contribution in [3.8, 4) is 5.75 Å². The van der Waals surface area contributed by atoms with Crippen LogP contribution < -0.4 is 4.74 Å². The molecule has 3 heteroatoms. The highest BCUT2D eigenvalue weighted by atomic mass is 32.1. The van der Waals surface area contributed by atoms with Gasteiger partial charge < -0.3 is 4.74 Å². The van der Waals surface area contributed by atoms with Crippen molar-refractivity contribution in [2.45, 2.75) is 20.3 Å². The molecular weight excluding hydrogens is 244 g/mol. The van der Waals surface area contributed by atoms with Gasteiger partial charge in [0.1, 0.15) is 5.75 Å². The predicted octanol–water partition coefficient (Wildman–Crippen LogP) is 3.80. The highest BCUT2D eigenvalue weighted by Crippen LogP contribution is 2.23. The number of hydrogen-bond acceptors (Lipinski definition) is 3. The average molecular weight is 260 g/mol. The van der Waals surface area contributed by atoms with Gasteiger partial charge in [0.25, 0.3) is 0 Å². The van der Waals surface area contributed by atoms with Crippen LogP contribution in [0.1, 0.15) is 25.7 Å². The van der Waals surface area contributed by atoms with Crippen LogP contribution in [0.25, 0.3) is 0 Å². The van der Waals surface area contributed by atoms with Gasteiger partial charge in [-0.25, -0.2) is 0 Å². The fraction of sp³-hybridized carbons (Fsp3) is 0.267. The monoisotopic (exact) mass is 260 g/mol. The maximum Gasteiger partial charge on any atom is 0.177 e. The van der Waals surface area contributed by atoms with E-state index in [1.807, 2.05) is 44.2 Å². The van der Waals surface area contributed by atoms with Crippen LogP contribution in [0.2, 0.25) is 0 Å². The summed E-state index contributed by atoms with van der Waals surface area (Å²) in [7, 11) is 1.63. The molecule has 0 aliphatic heterocycles. The van der Waals surface area contributed by atoms with Crippen molar-refractivity contribution in [2.24, 2.45) is 0 Å². The molecule has 1 heterocycles. The number of carbonyl (C=O) groups excluding carboxylic acids is 1. The molecule has 0 radical (unpaired) electrons. The fourth-order valence-corrected chi connectivity index (χ4v) is 2.70. The lowest BCUT2D eigenvalue weighted by Gasteiger charge is -2.08. The van der Waals surface area contributed by atoms with Crippen LogP contribution in [0.15, 0.2) is 30.3 Å². The molecule has 2 nitrogen and oxygen atoms in total. The van der Waals surface area contributed by atoms with Crippen molar-refractivity contribution in [1.29, 1.82) is 0 Å². The zero-order valence-corrected chi connectivity index (χ0v) is 11.6. The third-order valence-electron chi connectivity index (χ3n) is 2.80. The van der Waals surface area contributed by atoms with Crippen LogP contribution in [-0.4, -0.2) is 12.9 Å². The Kier molecular flexibility index (Phi) is 3.82. The Labute approximate surface area is 111 Å². The lowest BCUT2D eigenvalue weighted by Crippen LogP contribution is -2.03. The van der Waals surface area contributed by atoms with E-state index in [0.717, 1.165) is 26.6 Å². The number of rotatable bonds is 4. The van der Waals surface area contributed by atoms with Gasteiger partial charge in [-0.1, -0.05) is 17.7 Å². The first kappa shape index (κ1) is 12.8. The molecule has 2 rings (SSSR count). The van der Waals surface area contributed by atoms with Gasteiger partial charge in [-0.05, 0) is 32.0 Å². The molecule has 0 atom stereocenters. The molecule has 0 aliphatic rings. The Bertz CT molecular complexity index is 570. The van der Waals surface area contributed by atoms with Gasteiger partial charge in [-0.15, -0.1) is 11.3 Å². The minimum atomic E-state index is 0.150. The third-order valence-corrected chi connectivity index (χ3v) is 3.84. The minimum absolute atomic E-state index is 0.150. The van der Waals surface area contributed by atoms with Crippen LogP contribution >= 0.6 is 11.3 Å². The highest BCUT2D eigenvalue weighted by Gasteiger charge is 2.12. The average Bonchev–Trinajstić information content (AvgIpc) is 2.76. The Hall–Kier alpha value is -1.61. The van der Waals surface area contributed by atoms with Crippen molar-refractivity contribution in [2.75, 3.05) is 7.11 Å². The normalized spacial score (nSPS) is 10.4. The first-order chi connectivity index (χ1) is 8.60. The molecule has 0 bridgehead atoms. The van der Waals surface area contributed by atoms with E-state index < -0.39 is 0 Å². The van der Waals surface area contributed by atoms with E-state index in [1.165, 1.54) is 0 Å². The van der Waals surface area contributed by atoms with Crippen molar-refractivity contribution in [3.05, 3.63) is 51.2 Å². The summed E-state index contributed by atoms with van der Waals surface area (Å²) in [5.74, 6) is 0.930. The SMILES string of the molecule is COc1ccc(C)cc1CC(=O)c1ccc(C)s1. The van der Waals surface area contributed by atoms with Gasteiger partial charge in [0, 0.05) is 16.9 Å². The number of ether oxygens (including phenoxy) is 1. The molecular formula is C15H16O2S. The summed E-state index contributed by atoms with van der Waals surface area (Å²) in [6, 6.07) is 9.78. The van der Waals surface area contributed by atoms with Gasteiger partial charge in [0.05, 0.1) is 12.0 Å². The molecule has 0 aliphatic carbocycles. The quantitative estimate of drug-likeness (QED) is 0.782. The molecule has 0 spiro atoms. The smallest absolute Gasteiger partial charge is 0.177 e. The molecule has 0 amide bonds. The van der Waals surface area contributed by atoms with Gasteiger partial charge in [0.15, 0.2) is 5.78 Å². The predicted molar refractivity (Wildman–Crippen MR) is 74.8 cm³/mol. The van der Waals surface area contributed by atoms with Crippen LogP contribution in [0.3, 0.4) is 0 Å². The standard InChI is InChI=1S/C15H16O2S/c1-10-4-6-14(17-3)12(8-10)9-13(16)15-7-5-11(2)18-15/h4-8H,9H2,1-3H3. The fourth-order valence-electron chi connectivity index (χ4n) is 1.89. The summed E-state index contributed by atoms with van der Waals surface area (Å²) < 4.78 is 5.29. The number of carbonyl (C=O) groups is 1. The Morgan fingerprint density at radius 2 is 2.00 bits per heavy atom. The topological polar surface area (TPSA) is 26.3 Å². The largest absolute Gasteiger partial charge is 0.496 e. The van der Waals surface area contributed by atoms with Crippen molar-refractivity contribution in [1.82, 2.24) is 0 Å². The molecule has 0 unspecified atom stereocenters. The Morgan fingerprint density at radius 1 is 1.22 bits per heavy atom. The van der Waals surface area contributed by atoms with E-state index in [1.54, 1.807) is 18.4 Å². The third kappa shape index (κ3) is 2.79. The number of ketones is 1. The number of hydrogen-bond donors (Lipinski definition) is 0. The first-order valence-electron chi connectivity index (χ1n) is 5.83. The molecule has 18 heavy (non-hydrogen) atoms. The summed E-state index contributed by atoms with van der Waals surface area (Å²) in [6.07, 6.45) is 0.394. The summed E-state index contributed by atoms with van der Waals surface area (Å²) in [5, 5.41) is 0. The zero-order chi connectivity index (χ0) is 13.1. The van der Waals surface area contributed by atoms with E-state index in [2.05, 4.69) is 0 Å². The van der Waals surface area contributed by atoms with Gasteiger partial charge >= 0.3 is 0 Å². The van der Waals surface area contributed by atoms with Crippen molar-refractivity contribution >= 4 is 17.1 Å². The van der Waals surface area contributed by atoms with Crippen LogP contribution in [0.5, 0.6) is 5.75 Å². The van der Waals surface area contributed by atoms with Gasteiger partial charge in [-0.3, -0.25) is 4.79 Å². The van der Waals surface area contributed by atoms with E-state index >= 15 is 0 Å². The maximum absolute atomic E-state index is 12.2. The number of methoxy groups -OCH3 is 1. The zero-order valence-electron chi connectivity index (χ0n) is 10.8. The van der Waals surface area contributed by atoms with Crippen molar-refractivity contribution in [3.63, 3.8) is 0 Å². The second-order valence-electron chi connectivity index (χ2n) is 4.33. The molecule has 0 fully saturated rings. The van der Waals surface area contributed by atoms with Crippen LogP contribution in [-0.2, 0) is 6.42 Å². The summed E-state index contributed by atoms with van der Waals surface area (Å²) >= 11 is 1.54. The summed E-state index contributed by atoms with van der Waals surface area (Å²) in [4.78, 5) is 14.1. The molecule has 0 saturated carbocycles.